The van der Waals surface area contributed by atoms with Crippen molar-refractivity contribution in [1.82, 2.24) is 8.61 Å². The average Bonchev–Trinajstić information content (AvgIpc) is 2.63. The van der Waals surface area contributed by atoms with Crippen molar-refractivity contribution >= 4 is 20.0 Å². The van der Waals surface area contributed by atoms with Crippen molar-refractivity contribution in [3.05, 3.63) is 59.4 Å². The highest BCUT2D eigenvalue weighted by atomic mass is 32.2. The van der Waals surface area contributed by atoms with Crippen molar-refractivity contribution in [2.24, 2.45) is 0 Å². The lowest BCUT2D eigenvalue weighted by Gasteiger charge is -2.33. The van der Waals surface area contributed by atoms with Gasteiger partial charge in [-0.05, 0) is 36.8 Å². The van der Waals surface area contributed by atoms with E-state index in [2.05, 4.69) is 0 Å². The van der Waals surface area contributed by atoms with Crippen molar-refractivity contribution in [2.45, 2.75) is 16.7 Å². The molecule has 1 fully saturated rings. The Hall–Kier alpha value is -1.95. The zero-order valence-electron chi connectivity index (χ0n) is 14.8. The molecule has 0 unspecified atom stereocenters. The third-order valence-corrected chi connectivity index (χ3v) is 8.45. The van der Waals surface area contributed by atoms with E-state index in [1.807, 2.05) is 0 Å². The molecule has 28 heavy (non-hydrogen) atoms. The van der Waals surface area contributed by atoms with Crippen molar-refractivity contribution < 1.29 is 30.0 Å². The predicted octanol–water partition coefficient (Wildman–Crippen LogP) is 2.11. The Bertz CT molecular complexity index is 1110. The maximum atomic E-state index is 13.9. The van der Waals surface area contributed by atoms with Crippen LogP contribution in [0, 0.1) is 24.4 Å². The molecule has 0 amide bonds. The van der Waals surface area contributed by atoms with Gasteiger partial charge in [0.05, 0.1) is 4.90 Å². The zero-order chi connectivity index (χ0) is 20.7. The van der Waals surface area contributed by atoms with Crippen LogP contribution >= 0.6 is 0 Å². The summed E-state index contributed by atoms with van der Waals surface area (Å²) in [5, 5.41) is 0. The molecule has 2 aromatic rings. The second-order valence-electron chi connectivity index (χ2n) is 6.29. The van der Waals surface area contributed by atoms with Gasteiger partial charge in [0.25, 0.3) is 0 Å². The van der Waals surface area contributed by atoms with Gasteiger partial charge in [0.15, 0.2) is 0 Å². The Morgan fingerprint density at radius 2 is 1.18 bits per heavy atom. The number of benzene rings is 2. The fraction of sp³-hybridized carbons (Fsp3) is 0.294. The van der Waals surface area contributed by atoms with Crippen LogP contribution in [0.1, 0.15) is 5.56 Å². The molecule has 1 heterocycles. The van der Waals surface area contributed by atoms with E-state index >= 15 is 0 Å². The molecule has 3 rings (SSSR count). The van der Waals surface area contributed by atoms with Crippen LogP contribution in [0.15, 0.2) is 46.2 Å². The molecule has 11 heteroatoms. The van der Waals surface area contributed by atoms with E-state index in [0.717, 1.165) is 32.9 Å². The first-order valence-electron chi connectivity index (χ1n) is 8.25. The monoisotopic (exact) mass is 434 g/mol. The van der Waals surface area contributed by atoms with Crippen molar-refractivity contribution in [1.29, 1.82) is 0 Å². The molecule has 0 saturated carbocycles. The number of sulfonamides is 2. The minimum atomic E-state index is -4.25. The molecule has 2 aromatic carbocycles. The van der Waals surface area contributed by atoms with Gasteiger partial charge in [-0.2, -0.15) is 8.61 Å². The van der Waals surface area contributed by atoms with Gasteiger partial charge in [-0.25, -0.2) is 30.0 Å². The van der Waals surface area contributed by atoms with Crippen LogP contribution in [0.5, 0.6) is 0 Å². The van der Waals surface area contributed by atoms with Crippen LogP contribution in [-0.2, 0) is 20.0 Å². The summed E-state index contributed by atoms with van der Waals surface area (Å²) in [6.45, 7) is 0.741. The lowest BCUT2D eigenvalue weighted by atomic mass is 10.2. The first kappa shape index (κ1) is 20.8. The fourth-order valence-electron chi connectivity index (χ4n) is 2.96. The number of aryl methyl sites for hydroxylation is 1. The molecule has 0 bridgehead atoms. The molecular formula is C17H17F3N2O4S2. The summed E-state index contributed by atoms with van der Waals surface area (Å²) in [5.41, 5.74) is 0.366. The molecule has 0 radical (unpaired) electrons. The van der Waals surface area contributed by atoms with Crippen LogP contribution < -0.4 is 0 Å². The van der Waals surface area contributed by atoms with E-state index in [4.69, 9.17) is 0 Å². The van der Waals surface area contributed by atoms with Gasteiger partial charge in [-0.3, -0.25) is 0 Å². The van der Waals surface area contributed by atoms with Crippen molar-refractivity contribution in [3.63, 3.8) is 0 Å². The summed E-state index contributed by atoms with van der Waals surface area (Å²) in [7, 11) is -8.26. The Balaban J connectivity index is 1.81. The molecule has 0 spiro atoms. The summed E-state index contributed by atoms with van der Waals surface area (Å²) in [4.78, 5) is -0.862. The first-order chi connectivity index (χ1) is 13.0. The lowest BCUT2D eigenvalue weighted by molar-refractivity contribution is 0.272. The standard InChI is InChI=1S/C17H17F3N2O4S2/c1-12-2-3-14(19)11-17(12)28(25,26)22-8-6-21(7-9-22)27(23,24)16-5-4-13(18)10-15(16)20/h2-5,10-11H,6-9H2,1H3. The lowest BCUT2D eigenvalue weighted by Crippen LogP contribution is -2.50. The number of hydrogen-bond acceptors (Lipinski definition) is 4. The first-order valence-corrected chi connectivity index (χ1v) is 11.1. The van der Waals surface area contributed by atoms with Crippen LogP contribution in [0.2, 0.25) is 0 Å². The predicted molar refractivity (Wildman–Crippen MR) is 95.0 cm³/mol. The molecule has 0 N–H and O–H groups in total. The van der Waals surface area contributed by atoms with Crippen molar-refractivity contribution in [3.8, 4) is 0 Å². The molecule has 0 atom stereocenters. The van der Waals surface area contributed by atoms with Gasteiger partial charge in [-0.1, -0.05) is 6.07 Å². The fourth-order valence-corrected chi connectivity index (χ4v) is 6.09. The van der Waals surface area contributed by atoms with Crippen LogP contribution in [0.4, 0.5) is 13.2 Å². The number of piperazine rings is 1. The van der Waals surface area contributed by atoms with Crippen LogP contribution in [0.3, 0.4) is 0 Å². The summed E-state index contributed by atoms with van der Waals surface area (Å²) < 4.78 is 93.1. The second kappa shape index (κ2) is 7.47. The number of rotatable bonds is 4. The maximum absolute atomic E-state index is 13.9. The SMILES string of the molecule is Cc1ccc(F)cc1S(=O)(=O)N1CCN(S(=O)(=O)c2ccc(F)cc2F)CC1. The Labute approximate surface area is 161 Å². The van der Waals surface area contributed by atoms with E-state index in [1.54, 1.807) is 0 Å². The molecule has 6 nitrogen and oxygen atoms in total. The number of halogens is 3. The molecule has 152 valence electrons. The minimum absolute atomic E-state index is 0.180. The normalized spacial score (nSPS) is 17.0. The zero-order valence-corrected chi connectivity index (χ0v) is 16.4. The average molecular weight is 434 g/mol. The topological polar surface area (TPSA) is 74.8 Å². The highest BCUT2D eigenvalue weighted by Crippen LogP contribution is 2.25. The molecule has 1 saturated heterocycles. The quantitative estimate of drug-likeness (QED) is 0.739. The van der Waals surface area contributed by atoms with Gasteiger partial charge in [0.1, 0.15) is 22.3 Å². The maximum Gasteiger partial charge on any atom is 0.246 e. The number of nitrogens with zero attached hydrogens (tertiary/aromatic N) is 2. The molecule has 1 aliphatic rings. The van der Waals surface area contributed by atoms with Crippen LogP contribution in [-0.4, -0.2) is 51.6 Å². The van der Waals surface area contributed by atoms with Gasteiger partial charge < -0.3 is 0 Å². The Morgan fingerprint density at radius 1 is 0.714 bits per heavy atom. The Morgan fingerprint density at radius 3 is 1.71 bits per heavy atom. The minimum Gasteiger partial charge on any atom is -0.207 e. The van der Waals surface area contributed by atoms with Gasteiger partial charge in [0, 0.05) is 32.2 Å². The number of hydrogen-bond donors (Lipinski definition) is 0. The molecule has 0 aromatic heterocycles. The molecular weight excluding hydrogens is 417 g/mol. The van der Waals surface area contributed by atoms with Gasteiger partial charge >= 0.3 is 0 Å². The van der Waals surface area contributed by atoms with Gasteiger partial charge in [-0.15, -0.1) is 0 Å². The highest BCUT2D eigenvalue weighted by molar-refractivity contribution is 7.89. The van der Waals surface area contributed by atoms with E-state index in [9.17, 15) is 30.0 Å². The van der Waals surface area contributed by atoms with E-state index in [0.29, 0.717) is 11.6 Å². The van der Waals surface area contributed by atoms with E-state index in [1.165, 1.54) is 13.0 Å². The molecule has 1 aliphatic heterocycles. The smallest absolute Gasteiger partial charge is 0.207 e. The summed E-state index contributed by atoms with van der Waals surface area (Å²) in [6.07, 6.45) is 0. The Kier molecular flexibility index (Phi) is 5.54. The van der Waals surface area contributed by atoms with Gasteiger partial charge in [0.2, 0.25) is 20.0 Å². The summed E-state index contributed by atoms with van der Waals surface area (Å²) >= 11 is 0. The summed E-state index contributed by atoms with van der Waals surface area (Å²) in [5.74, 6) is -2.82. The third-order valence-electron chi connectivity index (χ3n) is 4.48. The van der Waals surface area contributed by atoms with Crippen LogP contribution in [0.25, 0.3) is 0 Å². The second-order valence-corrected chi connectivity index (χ2v) is 10.1. The summed E-state index contributed by atoms with van der Waals surface area (Å²) in [6, 6.07) is 5.56. The third kappa shape index (κ3) is 3.79. The molecule has 0 aliphatic carbocycles. The largest absolute Gasteiger partial charge is 0.246 e. The highest BCUT2D eigenvalue weighted by Gasteiger charge is 2.35. The van der Waals surface area contributed by atoms with E-state index < -0.39 is 42.4 Å². The van der Waals surface area contributed by atoms with Crippen molar-refractivity contribution in [2.75, 3.05) is 26.2 Å². The van der Waals surface area contributed by atoms with E-state index in [-0.39, 0.29) is 31.1 Å².